The number of carbonyl (C=O) groups excluding carboxylic acids is 2. The van der Waals surface area contributed by atoms with Crippen LogP contribution in [-0.2, 0) is 19.1 Å². The molecule has 0 aliphatic heterocycles. The Bertz CT molecular complexity index is 757. The van der Waals surface area contributed by atoms with Gasteiger partial charge < -0.3 is 20.9 Å². The molecule has 0 heterocycles. The highest BCUT2D eigenvalue weighted by molar-refractivity contribution is 5.83. The lowest BCUT2D eigenvalue weighted by molar-refractivity contribution is -0.150. The SMILES string of the molecule is CCCCCCCC/C=C\CCCCCCCC(=O)OC(CCCCCCCC)CCCCCCCC(=O)NC(CCCN)C(=O)O. The Morgan fingerprint density at radius 2 is 1.04 bits per heavy atom. The van der Waals surface area contributed by atoms with Gasteiger partial charge in [0.15, 0.2) is 0 Å². The van der Waals surface area contributed by atoms with Crippen molar-refractivity contribution < 1.29 is 24.2 Å². The third kappa shape index (κ3) is 32.4. The van der Waals surface area contributed by atoms with Crippen molar-refractivity contribution in [3.63, 3.8) is 0 Å². The Balaban J connectivity index is 4.14. The van der Waals surface area contributed by atoms with Crippen LogP contribution in [0.1, 0.15) is 206 Å². The quantitative estimate of drug-likeness (QED) is 0.0348. The van der Waals surface area contributed by atoms with Gasteiger partial charge in [0.2, 0.25) is 5.91 Å². The van der Waals surface area contributed by atoms with Gasteiger partial charge in [-0.3, -0.25) is 9.59 Å². The largest absolute Gasteiger partial charge is 0.480 e. The number of aliphatic carboxylic acids is 1. The first-order valence-electron chi connectivity index (χ1n) is 20.0. The number of carboxylic acids is 1. The molecule has 0 aliphatic carbocycles. The average molecular weight is 665 g/mol. The topological polar surface area (TPSA) is 119 Å². The molecule has 0 bridgehead atoms. The number of hydrogen-bond acceptors (Lipinski definition) is 5. The summed E-state index contributed by atoms with van der Waals surface area (Å²) in [4.78, 5) is 36.1. The van der Waals surface area contributed by atoms with E-state index in [0.717, 1.165) is 64.2 Å². The van der Waals surface area contributed by atoms with E-state index in [0.29, 0.717) is 32.2 Å². The fourth-order valence-corrected chi connectivity index (χ4v) is 6.03. The molecule has 0 rings (SSSR count). The highest BCUT2D eigenvalue weighted by Crippen LogP contribution is 2.18. The molecule has 0 aliphatic rings. The van der Waals surface area contributed by atoms with Crippen LogP contribution < -0.4 is 11.1 Å². The van der Waals surface area contributed by atoms with Crippen molar-refractivity contribution >= 4 is 17.8 Å². The van der Waals surface area contributed by atoms with Crippen molar-refractivity contribution in [3.8, 4) is 0 Å². The number of carboxylic acid groups (broad SMARTS) is 1. The number of hydrogen-bond donors (Lipinski definition) is 3. The molecule has 47 heavy (non-hydrogen) atoms. The number of carbonyl (C=O) groups is 3. The summed E-state index contributed by atoms with van der Waals surface area (Å²) in [5, 5.41) is 11.9. The van der Waals surface area contributed by atoms with Crippen LogP contribution in [0.25, 0.3) is 0 Å². The fraction of sp³-hybridized carbons (Fsp3) is 0.875. The van der Waals surface area contributed by atoms with E-state index in [-0.39, 0.29) is 18.0 Å². The zero-order valence-electron chi connectivity index (χ0n) is 30.9. The number of unbranched alkanes of at least 4 members (excludes halogenated alkanes) is 20. The van der Waals surface area contributed by atoms with E-state index in [1.165, 1.54) is 103 Å². The molecule has 2 unspecified atom stereocenters. The molecule has 0 saturated heterocycles. The minimum Gasteiger partial charge on any atom is -0.480 e. The van der Waals surface area contributed by atoms with E-state index in [2.05, 4.69) is 31.3 Å². The van der Waals surface area contributed by atoms with Gasteiger partial charge in [0.1, 0.15) is 12.1 Å². The van der Waals surface area contributed by atoms with Crippen LogP contribution in [0.2, 0.25) is 0 Å². The number of amides is 1. The molecule has 0 fully saturated rings. The van der Waals surface area contributed by atoms with Crippen LogP contribution in [0, 0.1) is 0 Å². The first-order chi connectivity index (χ1) is 22.9. The molecule has 0 aromatic heterocycles. The van der Waals surface area contributed by atoms with Gasteiger partial charge >= 0.3 is 11.9 Å². The maximum atomic E-state index is 12.7. The normalized spacial score (nSPS) is 12.7. The monoisotopic (exact) mass is 665 g/mol. The molecule has 0 aromatic carbocycles. The Kier molecular flexibility index (Phi) is 34.0. The predicted molar refractivity (Wildman–Crippen MR) is 197 cm³/mol. The summed E-state index contributed by atoms with van der Waals surface area (Å²) < 4.78 is 5.98. The smallest absolute Gasteiger partial charge is 0.326 e. The van der Waals surface area contributed by atoms with Crippen LogP contribution in [0.3, 0.4) is 0 Å². The Morgan fingerprint density at radius 3 is 1.53 bits per heavy atom. The average Bonchev–Trinajstić information content (AvgIpc) is 3.05. The lowest BCUT2D eigenvalue weighted by atomic mass is 10.0. The second kappa shape index (κ2) is 35.4. The van der Waals surface area contributed by atoms with Crippen LogP contribution in [0.15, 0.2) is 12.2 Å². The second-order valence-electron chi connectivity index (χ2n) is 13.7. The summed E-state index contributed by atoms with van der Waals surface area (Å²) >= 11 is 0. The molecule has 0 aromatic rings. The number of nitrogens with one attached hydrogen (secondary N) is 1. The van der Waals surface area contributed by atoms with Gasteiger partial charge in [0, 0.05) is 12.8 Å². The van der Waals surface area contributed by atoms with Crippen molar-refractivity contribution in [1.29, 1.82) is 0 Å². The number of rotatable bonds is 36. The highest BCUT2D eigenvalue weighted by Gasteiger charge is 2.19. The van der Waals surface area contributed by atoms with Crippen LogP contribution in [0.5, 0.6) is 0 Å². The number of ether oxygens (including phenoxy) is 1. The first-order valence-corrected chi connectivity index (χ1v) is 20.0. The second-order valence-corrected chi connectivity index (χ2v) is 13.7. The Hall–Kier alpha value is -1.89. The molecule has 0 radical (unpaired) electrons. The van der Waals surface area contributed by atoms with Crippen LogP contribution in [-0.4, -0.2) is 41.6 Å². The van der Waals surface area contributed by atoms with Gasteiger partial charge in [-0.15, -0.1) is 0 Å². The molecule has 0 spiro atoms. The highest BCUT2D eigenvalue weighted by atomic mass is 16.5. The number of nitrogens with two attached hydrogens (primary N) is 1. The van der Waals surface area contributed by atoms with Crippen molar-refractivity contribution in [3.05, 3.63) is 12.2 Å². The maximum Gasteiger partial charge on any atom is 0.326 e. The van der Waals surface area contributed by atoms with Gasteiger partial charge in [-0.25, -0.2) is 4.79 Å². The minimum atomic E-state index is -1.00. The molecule has 7 heteroatoms. The van der Waals surface area contributed by atoms with E-state index in [1.807, 2.05) is 0 Å². The molecule has 1 amide bonds. The summed E-state index contributed by atoms with van der Waals surface area (Å²) in [6.45, 7) is 4.91. The van der Waals surface area contributed by atoms with Gasteiger partial charge in [-0.2, -0.15) is 0 Å². The van der Waals surface area contributed by atoms with Gasteiger partial charge in [0.25, 0.3) is 0 Å². The molecular formula is C40H76N2O5. The van der Waals surface area contributed by atoms with Crippen LogP contribution in [0.4, 0.5) is 0 Å². The molecule has 0 saturated carbocycles. The van der Waals surface area contributed by atoms with E-state index in [4.69, 9.17) is 10.5 Å². The molecule has 7 nitrogen and oxygen atoms in total. The van der Waals surface area contributed by atoms with E-state index in [9.17, 15) is 19.5 Å². The summed E-state index contributed by atoms with van der Waals surface area (Å²) in [5.74, 6) is -1.24. The Labute approximate surface area is 290 Å². The number of allylic oxidation sites excluding steroid dienone is 2. The fourth-order valence-electron chi connectivity index (χ4n) is 6.03. The van der Waals surface area contributed by atoms with Crippen LogP contribution >= 0.6 is 0 Å². The first kappa shape index (κ1) is 45.1. The number of esters is 1. The summed E-state index contributed by atoms with van der Waals surface area (Å²) in [6, 6.07) is -0.853. The summed E-state index contributed by atoms with van der Waals surface area (Å²) in [7, 11) is 0. The van der Waals surface area contributed by atoms with Crippen molar-refractivity contribution in [2.75, 3.05) is 6.54 Å². The van der Waals surface area contributed by atoms with E-state index < -0.39 is 12.0 Å². The van der Waals surface area contributed by atoms with Gasteiger partial charge in [-0.05, 0) is 83.6 Å². The van der Waals surface area contributed by atoms with Gasteiger partial charge in [-0.1, -0.05) is 129 Å². The molecule has 2 atom stereocenters. The van der Waals surface area contributed by atoms with E-state index >= 15 is 0 Å². The summed E-state index contributed by atoms with van der Waals surface area (Å²) in [5.41, 5.74) is 5.47. The lowest BCUT2D eigenvalue weighted by Crippen LogP contribution is -2.40. The van der Waals surface area contributed by atoms with E-state index in [1.54, 1.807) is 0 Å². The molecule has 276 valence electrons. The summed E-state index contributed by atoms with van der Waals surface area (Å²) in [6.07, 6.45) is 36.9. The third-order valence-corrected chi connectivity index (χ3v) is 9.08. The Morgan fingerprint density at radius 1 is 0.596 bits per heavy atom. The van der Waals surface area contributed by atoms with Crippen molar-refractivity contribution in [2.45, 2.75) is 219 Å². The zero-order chi connectivity index (χ0) is 34.6. The zero-order valence-corrected chi connectivity index (χ0v) is 30.9. The molecular weight excluding hydrogens is 588 g/mol. The minimum absolute atomic E-state index is 0.0176. The maximum absolute atomic E-state index is 12.7. The predicted octanol–water partition coefficient (Wildman–Crippen LogP) is 10.7. The van der Waals surface area contributed by atoms with Crippen molar-refractivity contribution in [1.82, 2.24) is 5.32 Å². The molecule has 4 N–H and O–H groups in total. The standard InChI is InChI=1S/C40H76N2O5/c1-3-5-7-9-11-12-13-14-15-16-17-18-19-24-28-34-39(44)47-36(30-25-21-10-8-6-4-2)31-26-22-20-23-27-33-38(43)42-37(40(45)46)32-29-35-41/h14-15,36-37H,3-13,16-35,41H2,1-2H3,(H,42,43)(H,45,46)/b15-14-. The van der Waals surface area contributed by atoms with Gasteiger partial charge in [0.05, 0.1) is 0 Å². The third-order valence-electron chi connectivity index (χ3n) is 9.08. The lowest BCUT2D eigenvalue weighted by Gasteiger charge is -2.18. The van der Waals surface area contributed by atoms with Crippen molar-refractivity contribution in [2.24, 2.45) is 5.73 Å².